The lowest BCUT2D eigenvalue weighted by Crippen LogP contribution is -2.36. The van der Waals surface area contributed by atoms with E-state index in [1.807, 2.05) is 49.1 Å². The molecule has 0 saturated heterocycles. The Labute approximate surface area is 166 Å². The second-order valence-corrected chi connectivity index (χ2v) is 7.28. The smallest absolute Gasteiger partial charge is 0.223 e. The van der Waals surface area contributed by atoms with Gasteiger partial charge in [0, 0.05) is 31.5 Å². The van der Waals surface area contributed by atoms with Gasteiger partial charge in [-0.25, -0.2) is 0 Å². The van der Waals surface area contributed by atoms with Crippen LogP contribution in [0.25, 0.3) is 0 Å². The van der Waals surface area contributed by atoms with Crippen molar-refractivity contribution in [2.24, 2.45) is 0 Å². The van der Waals surface area contributed by atoms with Crippen LogP contribution in [0, 0.1) is 13.8 Å². The Bertz CT molecular complexity index is 904. The SMILES string of the molecule is COc1cc2c(cc1OC)CN(C(=O)CCC(=O)c1cc(C)ccc1C)CC2. The molecule has 3 rings (SSSR count). The van der Waals surface area contributed by atoms with E-state index in [0.29, 0.717) is 30.2 Å². The molecule has 0 bridgehead atoms. The molecule has 1 heterocycles. The van der Waals surface area contributed by atoms with Gasteiger partial charge in [-0.2, -0.15) is 0 Å². The maximum atomic E-state index is 12.7. The Morgan fingerprint density at radius 1 is 0.964 bits per heavy atom. The molecule has 28 heavy (non-hydrogen) atoms. The number of amides is 1. The predicted molar refractivity (Wildman–Crippen MR) is 108 cm³/mol. The summed E-state index contributed by atoms with van der Waals surface area (Å²) in [6, 6.07) is 9.77. The van der Waals surface area contributed by atoms with Crippen molar-refractivity contribution >= 4 is 11.7 Å². The Balaban J connectivity index is 1.65. The molecule has 148 valence electrons. The first-order valence-electron chi connectivity index (χ1n) is 9.55. The first-order valence-corrected chi connectivity index (χ1v) is 9.55. The van der Waals surface area contributed by atoms with E-state index in [9.17, 15) is 9.59 Å². The molecule has 0 saturated carbocycles. The van der Waals surface area contributed by atoms with Gasteiger partial charge < -0.3 is 14.4 Å². The monoisotopic (exact) mass is 381 g/mol. The number of hydrogen-bond donors (Lipinski definition) is 0. The zero-order valence-electron chi connectivity index (χ0n) is 17.0. The molecule has 0 aromatic heterocycles. The van der Waals surface area contributed by atoms with E-state index in [0.717, 1.165) is 23.1 Å². The summed E-state index contributed by atoms with van der Waals surface area (Å²) < 4.78 is 10.7. The number of Topliss-reactive ketones (excluding diaryl/α,β-unsaturated/α-hetero) is 1. The largest absolute Gasteiger partial charge is 0.493 e. The summed E-state index contributed by atoms with van der Waals surface area (Å²) in [7, 11) is 3.23. The number of fused-ring (bicyclic) bond motifs is 1. The maximum Gasteiger partial charge on any atom is 0.223 e. The third-order valence-electron chi connectivity index (χ3n) is 5.33. The average Bonchev–Trinajstić information content (AvgIpc) is 2.71. The topological polar surface area (TPSA) is 55.8 Å². The fourth-order valence-corrected chi connectivity index (χ4v) is 3.65. The summed E-state index contributed by atoms with van der Waals surface area (Å²) in [5.41, 5.74) is 4.97. The van der Waals surface area contributed by atoms with Crippen LogP contribution in [0.4, 0.5) is 0 Å². The fourth-order valence-electron chi connectivity index (χ4n) is 3.65. The number of hydrogen-bond acceptors (Lipinski definition) is 4. The predicted octanol–water partition coefficient (Wildman–Crippen LogP) is 3.87. The number of rotatable bonds is 6. The highest BCUT2D eigenvalue weighted by Crippen LogP contribution is 2.33. The van der Waals surface area contributed by atoms with Crippen molar-refractivity contribution in [2.75, 3.05) is 20.8 Å². The minimum atomic E-state index is 0.0130. The summed E-state index contributed by atoms with van der Waals surface area (Å²) in [6.45, 7) is 5.08. The van der Waals surface area contributed by atoms with Gasteiger partial charge in [0.1, 0.15) is 0 Å². The molecule has 0 fully saturated rings. The van der Waals surface area contributed by atoms with Gasteiger partial charge in [0.05, 0.1) is 14.2 Å². The van der Waals surface area contributed by atoms with Crippen LogP contribution in [0.3, 0.4) is 0 Å². The summed E-state index contributed by atoms with van der Waals surface area (Å²) in [4.78, 5) is 27.1. The Morgan fingerprint density at radius 2 is 1.64 bits per heavy atom. The van der Waals surface area contributed by atoms with E-state index in [1.54, 1.807) is 14.2 Å². The molecule has 2 aromatic carbocycles. The van der Waals surface area contributed by atoms with Crippen molar-refractivity contribution in [1.82, 2.24) is 4.90 Å². The van der Waals surface area contributed by atoms with E-state index < -0.39 is 0 Å². The second-order valence-electron chi connectivity index (χ2n) is 7.28. The lowest BCUT2D eigenvalue weighted by atomic mass is 9.97. The fraction of sp³-hybridized carbons (Fsp3) is 0.391. The summed E-state index contributed by atoms with van der Waals surface area (Å²) >= 11 is 0. The molecule has 5 heteroatoms. The van der Waals surface area contributed by atoms with Crippen LogP contribution in [0.15, 0.2) is 30.3 Å². The molecule has 0 radical (unpaired) electrons. The van der Waals surface area contributed by atoms with Crippen molar-refractivity contribution in [3.63, 3.8) is 0 Å². The van der Waals surface area contributed by atoms with Crippen molar-refractivity contribution in [3.8, 4) is 11.5 Å². The van der Waals surface area contributed by atoms with E-state index in [1.165, 1.54) is 5.56 Å². The highest BCUT2D eigenvalue weighted by atomic mass is 16.5. The number of benzene rings is 2. The summed E-state index contributed by atoms with van der Waals surface area (Å²) in [6.07, 6.45) is 1.24. The summed E-state index contributed by atoms with van der Waals surface area (Å²) in [5, 5.41) is 0. The van der Waals surface area contributed by atoms with E-state index in [2.05, 4.69) is 0 Å². The number of methoxy groups -OCH3 is 2. The molecule has 1 aliphatic heterocycles. The van der Waals surface area contributed by atoms with Crippen LogP contribution in [0.1, 0.15) is 45.5 Å². The Morgan fingerprint density at radius 3 is 2.32 bits per heavy atom. The Hall–Kier alpha value is -2.82. The second kappa shape index (κ2) is 8.46. The van der Waals surface area contributed by atoms with Crippen LogP contribution in [0.5, 0.6) is 11.5 Å². The van der Waals surface area contributed by atoms with Gasteiger partial charge in [-0.15, -0.1) is 0 Å². The molecule has 5 nitrogen and oxygen atoms in total. The van der Waals surface area contributed by atoms with Crippen molar-refractivity contribution in [2.45, 2.75) is 39.7 Å². The molecule has 2 aromatic rings. The number of ketones is 1. The molecule has 0 atom stereocenters. The van der Waals surface area contributed by atoms with Gasteiger partial charge in [0.25, 0.3) is 0 Å². The van der Waals surface area contributed by atoms with Crippen LogP contribution < -0.4 is 9.47 Å². The number of carbonyl (C=O) groups is 2. The third kappa shape index (κ3) is 4.19. The number of aryl methyl sites for hydroxylation is 2. The average molecular weight is 381 g/mol. The van der Waals surface area contributed by atoms with E-state index in [4.69, 9.17) is 9.47 Å². The van der Waals surface area contributed by atoms with Crippen LogP contribution in [-0.4, -0.2) is 37.4 Å². The van der Waals surface area contributed by atoms with Crippen LogP contribution >= 0.6 is 0 Å². The first kappa shape index (κ1) is 19.9. The molecule has 0 aliphatic carbocycles. The normalized spacial score (nSPS) is 13.1. The van der Waals surface area contributed by atoms with E-state index in [-0.39, 0.29) is 24.5 Å². The third-order valence-corrected chi connectivity index (χ3v) is 5.33. The summed E-state index contributed by atoms with van der Waals surface area (Å²) in [5.74, 6) is 1.42. The van der Waals surface area contributed by atoms with Crippen molar-refractivity contribution < 1.29 is 19.1 Å². The lowest BCUT2D eigenvalue weighted by Gasteiger charge is -2.29. The highest BCUT2D eigenvalue weighted by molar-refractivity contribution is 5.99. The van der Waals surface area contributed by atoms with Gasteiger partial charge in [0.2, 0.25) is 5.91 Å². The maximum absolute atomic E-state index is 12.7. The van der Waals surface area contributed by atoms with Crippen molar-refractivity contribution in [1.29, 1.82) is 0 Å². The Kier molecular flexibility index (Phi) is 6.02. The van der Waals surface area contributed by atoms with Crippen LogP contribution in [-0.2, 0) is 17.8 Å². The molecule has 1 amide bonds. The number of nitrogens with zero attached hydrogens (tertiary/aromatic N) is 1. The minimum Gasteiger partial charge on any atom is -0.493 e. The van der Waals surface area contributed by atoms with E-state index >= 15 is 0 Å². The van der Waals surface area contributed by atoms with Gasteiger partial charge in [0.15, 0.2) is 17.3 Å². The lowest BCUT2D eigenvalue weighted by molar-refractivity contribution is -0.132. The number of ether oxygens (including phenoxy) is 2. The van der Waals surface area contributed by atoms with Gasteiger partial charge >= 0.3 is 0 Å². The highest BCUT2D eigenvalue weighted by Gasteiger charge is 2.23. The number of carbonyl (C=O) groups excluding carboxylic acids is 2. The molecule has 0 unspecified atom stereocenters. The van der Waals surface area contributed by atoms with Gasteiger partial charge in [-0.3, -0.25) is 9.59 Å². The molecular formula is C23H27NO4. The quantitative estimate of drug-likeness (QED) is 0.713. The first-order chi connectivity index (χ1) is 13.4. The van der Waals surface area contributed by atoms with Crippen molar-refractivity contribution in [3.05, 3.63) is 58.1 Å². The zero-order valence-corrected chi connectivity index (χ0v) is 17.0. The standard InChI is InChI=1S/C23H27NO4/c1-15-5-6-16(2)19(11-15)20(25)7-8-23(26)24-10-9-17-12-21(27-3)22(28-4)13-18(17)14-24/h5-6,11-13H,7-10,14H2,1-4H3. The molecule has 0 spiro atoms. The molecular weight excluding hydrogens is 354 g/mol. The minimum absolute atomic E-state index is 0.0130. The van der Waals surface area contributed by atoms with Crippen LogP contribution in [0.2, 0.25) is 0 Å². The zero-order chi connectivity index (χ0) is 20.3. The molecule has 1 aliphatic rings. The van der Waals surface area contributed by atoms with Gasteiger partial charge in [-0.1, -0.05) is 17.7 Å². The molecule has 0 N–H and O–H groups in total. The van der Waals surface area contributed by atoms with Gasteiger partial charge in [-0.05, 0) is 55.2 Å².